The molecule has 6 heteroatoms. The molecule has 0 radical (unpaired) electrons. The van der Waals surface area contributed by atoms with Gasteiger partial charge in [0, 0.05) is 4.47 Å². The third-order valence-corrected chi connectivity index (χ3v) is 2.62. The molecule has 0 unspecified atom stereocenters. The van der Waals surface area contributed by atoms with Crippen molar-refractivity contribution in [3.05, 3.63) is 27.7 Å². The molecule has 84 valence electrons. The molecule has 1 aromatic carbocycles. The van der Waals surface area contributed by atoms with Crippen molar-refractivity contribution in [2.45, 2.75) is 13.5 Å². The predicted molar refractivity (Wildman–Crippen MR) is 55.5 cm³/mol. The number of hydrogen-bond donors (Lipinski definition) is 0. The molecular formula is C10H6BrF2NO2. The summed E-state index contributed by atoms with van der Waals surface area (Å²) in [5.74, 6) is -0.701. The van der Waals surface area contributed by atoms with Gasteiger partial charge < -0.3 is 4.74 Å². The number of ether oxygens (including phenoxy) is 1. The van der Waals surface area contributed by atoms with E-state index in [9.17, 15) is 13.6 Å². The number of Topliss-reactive ketones (excluding diaryl/α,β-unsaturated/α-hetero) is 1. The summed E-state index contributed by atoms with van der Waals surface area (Å²) in [5, 5.41) is 8.72. The highest BCUT2D eigenvalue weighted by Crippen LogP contribution is 2.31. The van der Waals surface area contributed by atoms with Gasteiger partial charge in [-0.25, -0.2) is 0 Å². The average molecular weight is 290 g/mol. The Balaban J connectivity index is 3.36. The number of nitrogens with zero attached hydrogens (tertiary/aromatic N) is 1. The molecule has 1 rings (SSSR count). The molecule has 0 N–H and O–H groups in total. The van der Waals surface area contributed by atoms with Gasteiger partial charge in [-0.15, -0.1) is 0 Å². The SMILES string of the molecule is CC(=O)c1c(OC(F)F)ccc(C#N)c1Br. The van der Waals surface area contributed by atoms with E-state index in [0.717, 1.165) is 0 Å². The summed E-state index contributed by atoms with van der Waals surface area (Å²) in [4.78, 5) is 11.3. The second-order valence-corrected chi connectivity index (χ2v) is 3.64. The van der Waals surface area contributed by atoms with Crippen molar-refractivity contribution in [3.63, 3.8) is 0 Å². The zero-order valence-corrected chi connectivity index (χ0v) is 9.72. The molecule has 0 amide bonds. The summed E-state index contributed by atoms with van der Waals surface area (Å²) in [7, 11) is 0. The normalized spacial score (nSPS) is 10.0. The summed E-state index contributed by atoms with van der Waals surface area (Å²) in [5.41, 5.74) is 0.131. The number of alkyl halides is 2. The third-order valence-electron chi connectivity index (χ3n) is 1.79. The number of ketones is 1. The first kappa shape index (κ1) is 12.6. The van der Waals surface area contributed by atoms with Crippen molar-refractivity contribution in [2.24, 2.45) is 0 Å². The lowest BCUT2D eigenvalue weighted by Gasteiger charge is -2.10. The number of carbonyl (C=O) groups is 1. The van der Waals surface area contributed by atoms with Gasteiger partial charge in [0.25, 0.3) is 0 Å². The Morgan fingerprint density at radius 1 is 1.56 bits per heavy atom. The van der Waals surface area contributed by atoms with E-state index in [-0.39, 0.29) is 21.3 Å². The maximum Gasteiger partial charge on any atom is 0.387 e. The van der Waals surface area contributed by atoms with Crippen molar-refractivity contribution < 1.29 is 18.3 Å². The summed E-state index contributed by atoms with van der Waals surface area (Å²) in [6.45, 7) is -1.81. The van der Waals surface area contributed by atoms with Crippen LogP contribution < -0.4 is 4.74 Å². The van der Waals surface area contributed by atoms with E-state index in [4.69, 9.17) is 5.26 Å². The fourth-order valence-corrected chi connectivity index (χ4v) is 1.86. The first-order chi connectivity index (χ1) is 7.47. The highest BCUT2D eigenvalue weighted by atomic mass is 79.9. The van der Waals surface area contributed by atoms with Gasteiger partial charge in [-0.1, -0.05) is 0 Å². The molecule has 0 aromatic heterocycles. The lowest BCUT2D eigenvalue weighted by atomic mass is 10.1. The predicted octanol–water partition coefficient (Wildman–Crippen LogP) is 3.12. The summed E-state index contributed by atoms with van der Waals surface area (Å²) < 4.78 is 28.5. The fraction of sp³-hybridized carbons (Fsp3) is 0.200. The molecule has 0 saturated carbocycles. The molecule has 1 aromatic rings. The summed E-state index contributed by atoms with van der Waals surface area (Å²) in [6, 6.07) is 4.30. The van der Waals surface area contributed by atoms with Crippen molar-refractivity contribution in [1.29, 1.82) is 5.26 Å². The van der Waals surface area contributed by atoms with Gasteiger partial charge in [0.1, 0.15) is 11.8 Å². The van der Waals surface area contributed by atoms with E-state index in [1.165, 1.54) is 19.1 Å². The molecule has 0 spiro atoms. The number of hydrogen-bond acceptors (Lipinski definition) is 3. The largest absolute Gasteiger partial charge is 0.434 e. The smallest absolute Gasteiger partial charge is 0.387 e. The Morgan fingerprint density at radius 3 is 2.62 bits per heavy atom. The number of rotatable bonds is 3. The van der Waals surface area contributed by atoms with Crippen molar-refractivity contribution in [2.75, 3.05) is 0 Å². The van der Waals surface area contributed by atoms with Crippen LogP contribution in [0.5, 0.6) is 5.75 Å². The molecule has 0 aliphatic heterocycles. The highest BCUT2D eigenvalue weighted by Gasteiger charge is 2.18. The standard InChI is InChI=1S/C10H6BrF2NO2/c1-5(15)8-7(16-10(12)13)3-2-6(4-14)9(8)11/h2-3,10H,1H3. The second-order valence-electron chi connectivity index (χ2n) is 2.85. The third kappa shape index (κ3) is 2.55. The molecular weight excluding hydrogens is 284 g/mol. The quantitative estimate of drug-likeness (QED) is 0.804. The lowest BCUT2D eigenvalue weighted by molar-refractivity contribution is -0.0501. The molecule has 3 nitrogen and oxygen atoms in total. The van der Waals surface area contributed by atoms with Crippen LogP contribution in [-0.2, 0) is 0 Å². The number of nitriles is 1. The van der Waals surface area contributed by atoms with Gasteiger partial charge in [-0.2, -0.15) is 14.0 Å². The van der Waals surface area contributed by atoms with Crippen LogP contribution in [0.25, 0.3) is 0 Å². The second kappa shape index (κ2) is 5.03. The Labute approximate surface area is 98.8 Å². The Bertz CT molecular complexity index is 469. The van der Waals surface area contributed by atoms with E-state index in [0.29, 0.717) is 0 Å². The molecule has 0 saturated heterocycles. The van der Waals surface area contributed by atoms with Crippen LogP contribution in [-0.4, -0.2) is 12.4 Å². The van der Waals surface area contributed by atoms with Gasteiger partial charge in [0.05, 0.1) is 11.1 Å². The molecule has 0 aliphatic carbocycles. The van der Waals surface area contributed by atoms with Gasteiger partial charge >= 0.3 is 6.61 Å². The van der Waals surface area contributed by atoms with Crippen LogP contribution in [0.4, 0.5) is 8.78 Å². The van der Waals surface area contributed by atoms with Crippen molar-refractivity contribution >= 4 is 21.7 Å². The summed E-state index contributed by atoms with van der Waals surface area (Å²) in [6.07, 6.45) is 0. The monoisotopic (exact) mass is 289 g/mol. The maximum atomic E-state index is 12.1. The van der Waals surface area contributed by atoms with E-state index in [2.05, 4.69) is 20.7 Å². The van der Waals surface area contributed by atoms with Crippen LogP contribution in [0.15, 0.2) is 16.6 Å². The van der Waals surface area contributed by atoms with E-state index < -0.39 is 12.4 Å². The molecule has 0 fully saturated rings. The van der Waals surface area contributed by atoms with Gasteiger partial charge in [-0.3, -0.25) is 4.79 Å². The van der Waals surface area contributed by atoms with E-state index >= 15 is 0 Å². The van der Waals surface area contributed by atoms with E-state index in [1.807, 2.05) is 6.07 Å². The van der Waals surface area contributed by atoms with Crippen LogP contribution in [0.1, 0.15) is 22.8 Å². The first-order valence-corrected chi connectivity index (χ1v) is 4.95. The van der Waals surface area contributed by atoms with Crippen LogP contribution >= 0.6 is 15.9 Å². The van der Waals surface area contributed by atoms with Crippen molar-refractivity contribution in [1.82, 2.24) is 0 Å². The zero-order chi connectivity index (χ0) is 12.3. The minimum absolute atomic E-state index is 0.0562. The fourth-order valence-electron chi connectivity index (χ4n) is 1.17. The number of carbonyl (C=O) groups excluding carboxylic acids is 1. The van der Waals surface area contributed by atoms with Gasteiger partial charge in [-0.05, 0) is 35.0 Å². The van der Waals surface area contributed by atoms with Crippen LogP contribution in [0, 0.1) is 11.3 Å². The molecule has 0 heterocycles. The number of benzene rings is 1. The highest BCUT2D eigenvalue weighted by molar-refractivity contribution is 9.10. The number of halogens is 3. The maximum absolute atomic E-state index is 12.1. The Kier molecular flexibility index (Phi) is 3.96. The molecule has 0 bridgehead atoms. The lowest BCUT2D eigenvalue weighted by Crippen LogP contribution is -2.07. The van der Waals surface area contributed by atoms with E-state index in [1.54, 1.807) is 0 Å². The topological polar surface area (TPSA) is 50.1 Å². The zero-order valence-electron chi connectivity index (χ0n) is 8.13. The van der Waals surface area contributed by atoms with Crippen LogP contribution in [0.3, 0.4) is 0 Å². The Hall–Kier alpha value is -1.48. The minimum atomic E-state index is -3.02. The van der Waals surface area contributed by atoms with Crippen molar-refractivity contribution in [3.8, 4) is 11.8 Å². The molecule has 0 aliphatic rings. The average Bonchev–Trinajstić information content (AvgIpc) is 2.16. The first-order valence-electron chi connectivity index (χ1n) is 4.15. The minimum Gasteiger partial charge on any atom is -0.434 e. The van der Waals surface area contributed by atoms with Crippen LogP contribution in [0.2, 0.25) is 0 Å². The molecule has 16 heavy (non-hydrogen) atoms. The van der Waals surface area contributed by atoms with Gasteiger partial charge in [0.2, 0.25) is 0 Å². The Morgan fingerprint density at radius 2 is 2.19 bits per heavy atom. The van der Waals surface area contributed by atoms with Gasteiger partial charge in [0.15, 0.2) is 5.78 Å². The summed E-state index contributed by atoms with van der Waals surface area (Å²) >= 11 is 3.01. The molecule has 0 atom stereocenters.